The number of H-pyrrole nitrogens is 1. The summed E-state index contributed by atoms with van der Waals surface area (Å²) in [6.45, 7) is 2.80. The van der Waals surface area contributed by atoms with Gasteiger partial charge >= 0.3 is 0 Å². The van der Waals surface area contributed by atoms with E-state index in [2.05, 4.69) is 40.4 Å². The molecule has 4 unspecified atom stereocenters. The Bertz CT molecular complexity index is 897. The molecule has 0 spiro atoms. The van der Waals surface area contributed by atoms with E-state index in [4.69, 9.17) is 0 Å². The summed E-state index contributed by atoms with van der Waals surface area (Å²) in [4.78, 5) is 19.0. The van der Waals surface area contributed by atoms with E-state index in [0.717, 1.165) is 31.7 Å². The predicted octanol–water partition coefficient (Wildman–Crippen LogP) is 2.89. The van der Waals surface area contributed by atoms with Crippen LogP contribution in [-0.2, 0) is 11.2 Å². The maximum Gasteiger partial charge on any atom is 0.224 e. The van der Waals surface area contributed by atoms with Gasteiger partial charge in [-0.15, -0.1) is 0 Å². The molecule has 2 aliphatic carbocycles. The minimum absolute atomic E-state index is 0.00676. The van der Waals surface area contributed by atoms with Crippen molar-refractivity contribution in [1.29, 1.82) is 0 Å². The van der Waals surface area contributed by atoms with Crippen molar-refractivity contribution in [1.82, 2.24) is 15.2 Å². The monoisotopic (exact) mass is 381 g/mol. The second-order valence-electron chi connectivity index (χ2n) is 9.11. The van der Waals surface area contributed by atoms with Crippen LogP contribution in [0.15, 0.2) is 18.2 Å². The van der Waals surface area contributed by atoms with E-state index in [1.54, 1.807) is 0 Å². The highest BCUT2D eigenvalue weighted by atomic mass is 16.3. The average molecular weight is 382 g/mol. The highest BCUT2D eigenvalue weighted by Gasteiger charge is 2.43. The summed E-state index contributed by atoms with van der Waals surface area (Å²) in [5.41, 5.74) is 5.71. The van der Waals surface area contributed by atoms with Gasteiger partial charge in [0.15, 0.2) is 0 Å². The van der Waals surface area contributed by atoms with Crippen molar-refractivity contribution < 1.29 is 9.90 Å². The lowest BCUT2D eigenvalue weighted by atomic mass is 9.71. The zero-order valence-electron chi connectivity index (χ0n) is 16.9. The van der Waals surface area contributed by atoms with Gasteiger partial charge in [0.2, 0.25) is 5.91 Å². The Morgan fingerprint density at radius 1 is 1.39 bits per heavy atom. The van der Waals surface area contributed by atoms with E-state index in [9.17, 15) is 9.90 Å². The fourth-order valence-electron chi connectivity index (χ4n) is 5.56. The van der Waals surface area contributed by atoms with Gasteiger partial charge in [-0.2, -0.15) is 0 Å². The topological polar surface area (TPSA) is 68.4 Å². The minimum Gasteiger partial charge on any atom is -0.394 e. The van der Waals surface area contributed by atoms with Gasteiger partial charge in [0.05, 0.1) is 18.6 Å². The molecule has 1 saturated carbocycles. The number of likely N-dealkylation sites (N-methyl/N-ethyl adjacent to an activating group) is 1. The molecular weight excluding hydrogens is 350 g/mol. The Morgan fingerprint density at radius 2 is 2.21 bits per heavy atom. The number of carbonyl (C=O) groups is 1. The maximum absolute atomic E-state index is 12.9. The van der Waals surface area contributed by atoms with Crippen molar-refractivity contribution in [3.05, 3.63) is 35.0 Å². The molecular formula is C23H31N3O2. The van der Waals surface area contributed by atoms with Crippen molar-refractivity contribution in [3.63, 3.8) is 0 Å². The Hall–Kier alpha value is -1.85. The lowest BCUT2D eigenvalue weighted by Gasteiger charge is -2.45. The molecule has 3 N–H and O–H groups in total. The number of hydrogen-bond donors (Lipinski definition) is 3. The number of aliphatic hydroxyl groups is 1. The van der Waals surface area contributed by atoms with E-state index in [1.807, 2.05) is 6.92 Å². The normalized spacial score (nSPS) is 28.2. The standard InChI is InChI=1S/C23H31N3O2/c1-3-15(12-27)24-23(28)14-9-17-16-5-4-6-19-21(16)18(10-20(17)26(2)11-14)22(25-19)13-7-8-13/h4-6,13-15,17,20,25,27H,3,7-12H2,1-2H3,(H,24,28). The fraction of sp³-hybridized carbons (Fsp3) is 0.609. The van der Waals surface area contributed by atoms with Gasteiger partial charge in [-0.05, 0) is 62.3 Å². The SMILES string of the molecule is CCC(CO)NC(=O)C1CC2c3cccc4[nH]c(C5CC5)c(c34)CC2N(C)C1. The van der Waals surface area contributed by atoms with E-state index in [0.29, 0.717) is 12.0 Å². The molecule has 28 heavy (non-hydrogen) atoms. The summed E-state index contributed by atoms with van der Waals surface area (Å²) >= 11 is 0. The molecule has 3 aliphatic rings. The first-order valence-corrected chi connectivity index (χ1v) is 10.9. The highest BCUT2D eigenvalue weighted by molar-refractivity contribution is 5.90. The fourth-order valence-corrected chi connectivity index (χ4v) is 5.56. The number of hydrogen-bond acceptors (Lipinski definition) is 3. The van der Waals surface area contributed by atoms with Crippen LogP contribution in [0.5, 0.6) is 0 Å². The molecule has 5 heteroatoms. The summed E-state index contributed by atoms with van der Waals surface area (Å²) in [6, 6.07) is 6.99. The van der Waals surface area contributed by atoms with Crippen LogP contribution in [-0.4, -0.2) is 53.2 Å². The summed E-state index contributed by atoms with van der Waals surface area (Å²) in [5, 5.41) is 13.9. The predicted molar refractivity (Wildman–Crippen MR) is 111 cm³/mol. The molecule has 1 saturated heterocycles. The van der Waals surface area contributed by atoms with Crippen LogP contribution in [0.4, 0.5) is 0 Å². The van der Waals surface area contributed by atoms with Gasteiger partial charge in [-0.25, -0.2) is 0 Å². The zero-order valence-corrected chi connectivity index (χ0v) is 16.9. The van der Waals surface area contributed by atoms with Crippen molar-refractivity contribution in [2.75, 3.05) is 20.2 Å². The second-order valence-corrected chi connectivity index (χ2v) is 9.11. The van der Waals surface area contributed by atoms with E-state index in [1.165, 1.54) is 40.6 Å². The summed E-state index contributed by atoms with van der Waals surface area (Å²) in [6.07, 6.45) is 5.36. The van der Waals surface area contributed by atoms with E-state index in [-0.39, 0.29) is 24.5 Å². The number of likely N-dealkylation sites (tertiary alicyclic amines) is 1. The lowest BCUT2D eigenvalue weighted by Crippen LogP contribution is -2.52. The Balaban J connectivity index is 1.47. The first-order chi connectivity index (χ1) is 13.6. The van der Waals surface area contributed by atoms with E-state index < -0.39 is 0 Å². The number of aliphatic hydroxyl groups excluding tert-OH is 1. The van der Waals surface area contributed by atoms with Gasteiger partial charge in [-0.1, -0.05) is 19.1 Å². The number of aromatic amines is 1. The van der Waals surface area contributed by atoms with Crippen LogP contribution >= 0.6 is 0 Å². The Labute approximate surface area is 166 Å². The van der Waals surface area contributed by atoms with Crippen LogP contribution in [0.1, 0.15) is 61.3 Å². The average Bonchev–Trinajstić information content (AvgIpc) is 3.49. The summed E-state index contributed by atoms with van der Waals surface area (Å²) in [5.74, 6) is 1.19. The number of carbonyl (C=O) groups excluding carboxylic acids is 1. The summed E-state index contributed by atoms with van der Waals surface area (Å²) in [7, 11) is 2.18. The number of fused-ring (bicyclic) bond motifs is 2. The summed E-state index contributed by atoms with van der Waals surface area (Å²) < 4.78 is 0. The lowest BCUT2D eigenvalue weighted by molar-refractivity contribution is -0.128. The number of nitrogens with zero attached hydrogens (tertiary/aromatic N) is 1. The van der Waals surface area contributed by atoms with Gasteiger partial charge < -0.3 is 20.3 Å². The van der Waals surface area contributed by atoms with Crippen molar-refractivity contribution >= 4 is 16.8 Å². The molecule has 2 heterocycles. The molecule has 2 fully saturated rings. The third-order valence-electron chi connectivity index (χ3n) is 7.30. The number of rotatable bonds is 5. The van der Waals surface area contributed by atoms with Crippen LogP contribution in [0.2, 0.25) is 0 Å². The number of nitrogens with one attached hydrogen (secondary N) is 2. The Morgan fingerprint density at radius 3 is 2.93 bits per heavy atom. The van der Waals surface area contributed by atoms with Gasteiger partial charge in [0.1, 0.15) is 0 Å². The quantitative estimate of drug-likeness (QED) is 0.746. The van der Waals surface area contributed by atoms with Crippen LogP contribution in [0, 0.1) is 5.92 Å². The molecule has 0 radical (unpaired) electrons. The molecule has 1 aliphatic heterocycles. The Kier molecular flexibility index (Phi) is 4.48. The first kappa shape index (κ1) is 18.2. The molecule has 4 atom stereocenters. The minimum atomic E-state index is -0.136. The van der Waals surface area contributed by atoms with Crippen molar-refractivity contribution in [2.45, 2.75) is 62.9 Å². The maximum atomic E-state index is 12.9. The van der Waals surface area contributed by atoms with Gasteiger partial charge in [0, 0.05) is 35.1 Å². The largest absolute Gasteiger partial charge is 0.394 e. The number of aromatic nitrogens is 1. The van der Waals surface area contributed by atoms with Crippen molar-refractivity contribution in [2.24, 2.45) is 5.92 Å². The third-order valence-corrected chi connectivity index (χ3v) is 7.30. The molecule has 5 nitrogen and oxygen atoms in total. The smallest absolute Gasteiger partial charge is 0.224 e. The highest BCUT2D eigenvalue weighted by Crippen LogP contribution is 2.50. The number of benzene rings is 1. The molecule has 0 bridgehead atoms. The molecule has 150 valence electrons. The third kappa shape index (κ3) is 2.87. The second kappa shape index (κ2) is 6.89. The molecule has 5 rings (SSSR count). The zero-order chi connectivity index (χ0) is 19.4. The van der Waals surface area contributed by atoms with Crippen LogP contribution < -0.4 is 5.32 Å². The number of amides is 1. The van der Waals surface area contributed by atoms with Crippen LogP contribution in [0.3, 0.4) is 0 Å². The molecule has 1 aromatic carbocycles. The number of piperidine rings is 1. The molecule has 1 aromatic heterocycles. The first-order valence-electron chi connectivity index (χ1n) is 10.9. The van der Waals surface area contributed by atoms with Gasteiger partial charge in [-0.3, -0.25) is 4.79 Å². The van der Waals surface area contributed by atoms with Crippen molar-refractivity contribution in [3.8, 4) is 0 Å². The molecule has 1 amide bonds. The van der Waals surface area contributed by atoms with E-state index >= 15 is 0 Å². The molecule has 2 aromatic rings. The van der Waals surface area contributed by atoms with Crippen LogP contribution in [0.25, 0.3) is 10.9 Å². The van der Waals surface area contributed by atoms with Gasteiger partial charge in [0.25, 0.3) is 0 Å².